The second-order valence-corrected chi connectivity index (χ2v) is 11.6. The fourth-order valence-electron chi connectivity index (χ4n) is 5.70. The Hall–Kier alpha value is -3.66. The number of carbonyl (C=O) groups is 1. The van der Waals surface area contributed by atoms with Gasteiger partial charge in [-0.2, -0.15) is 0 Å². The van der Waals surface area contributed by atoms with Crippen LogP contribution in [0.25, 0.3) is 44.3 Å². The number of rotatable bonds is 9. The summed E-state index contributed by atoms with van der Waals surface area (Å²) in [5.41, 5.74) is 6.81. The summed E-state index contributed by atoms with van der Waals surface area (Å²) in [5.74, 6) is 0.547. The Labute approximate surface area is 297 Å². The number of aromatic nitrogens is 2. The Morgan fingerprint density at radius 1 is 0.848 bits per heavy atom. The number of aliphatic hydroxyl groups excluding tert-OH is 1. The van der Waals surface area contributed by atoms with E-state index < -0.39 is 12.1 Å². The predicted molar refractivity (Wildman–Crippen MR) is 190 cm³/mol. The number of allylic oxidation sites excluding steroid dienone is 2. The Kier molecular flexibility index (Phi) is 10.4. The average molecular weight is 798 g/mol. The van der Waals surface area contributed by atoms with E-state index in [0.29, 0.717) is 17.0 Å². The molecule has 5 heteroatoms. The van der Waals surface area contributed by atoms with Gasteiger partial charge in [-0.1, -0.05) is 83.9 Å². The molecule has 0 aliphatic carbocycles. The minimum atomic E-state index is -0.442. The summed E-state index contributed by atoms with van der Waals surface area (Å²) in [7, 11) is 0. The number of nitrogens with zero attached hydrogens (tertiary/aromatic N) is 2. The topological polar surface area (TPSA) is 63.1 Å². The molecule has 5 rings (SSSR count). The molecule has 5 aromatic rings. The molecule has 1 aromatic heterocycles. The molecule has 0 unspecified atom stereocenters. The van der Waals surface area contributed by atoms with Gasteiger partial charge >= 0.3 is 0 Å². The van der Waals surface area contributed by atoms with Crippen molar-refractivity contribution in [3.8, 4) is 22.5 Å². The summed E-state index contributed by atoms with van der Waals surface area (Å²) in [6.07, 6.45) is 4.91. The molecule has 0 fully saturated rings. The minimum Gasteiger partial charge on any atom is -0.512 e. The molecule has 1 N–H and O–H groups in total. The number of benzene rings is 4. The van der Waals surface area contributed by atoms with Gasteiger partial charge in [0, 0.05) is 43.7 Å². The fourth-order valence-corrected chi connectivity index (χ4v) is 5.70. The van der Waals surface area contributed by atoms with Crippen LogP contribution in [0.3, 0.4) is 0 Å². The molecule has 1 heterocycles. The van der Waals surface area contributed by atoms with Crippen LogP contribution in [0.1, 0.15) is 83.9 Å². The van der Waals surface area contributed by atoms with E-state index in [1.54, 1.807) is 0 Å². The zero-order chi connectivity index (χ0) is 37.9. The number of aryl methyl sites for hydroxylation is 4. The normalized spacial score (nSPS) is 13.3. The Balaban J connectivity index is 0.000000389. The first-order valence-electron chi connectivity index (χ1n) is 18.8. The van der Waals surface area contributed by atoms with Gasteiger partial charge in [-0.15, -0.1) is 34.9 Å². The third-order valence-electron chi connectivity index (χ3n) is 8.27. The smallest absolute Gasteiger partial charge is 0.162 e. The molecule has 1 radical (unpaired) electrons. The third kappa shape index (κ3) is 8.57. The quantitative estimate of drug-likeness (QED) is 0.0698. The van der Waals surface area contributed by atoms with Gasteiger partial charge in [-0.3, -0.25) is 14.8 Å². The van der Waals surface area contributed by atoms with Crippen molar-refractivity contribution >= 4 is 27.6 Å². The van der Waals surface area contributed by atoms with Crippen LogP contribution in [0.4, 0.5) is 0 Å². The van der Waals surface area contributed by atoms with Crippen molar-refractivity contribution in [3.63, 3.8) is 0 Å². The van der Waals surface area contributed by atoms with Gasteiger partial charge in [0.05, 0.1) is 30.7 Å². The maximum absolute atomic E-state index is 11.7. The number of carbonyl (C=O) groups excluding carboxylic acids is 1. The van der Waals surface area contributed by atoms with E-state index >= 15 is 0 Å². The number of fused-ring (bicyclic) bond motifs is 2. The fraction of sp³-hybridized carbons (Fsp3) is 0.341. The SMILES string of the molecule is CCC(CC)C(=O)/C=C(\O)C(CC)CC.[2H]c1c([2H])c([2H])c2c([2H])c3nc(-c4c(C)cccc4C)c(-c4[c-]c(C)cc(C)c4)nc3c([2H])c2c1[2H].[Ir]. The van der Waals surface area contributed by atoms with Crippen molar-refractivity contribution in [2.75, 3.05) is 0 Å². The molecule has 0 aliphatic heterocycles. The summed E-state index contributed by atoms with van der Waals surface area (Å²) >= 11 is 0. The molecule has 0 saturated carbocycles. The standard InChI is InChI=1S/C28H23N2.C13H24O2.Ir/c1-17-12-18(2)14-23(13-17)27-28(26-19(3)8-7-9-20(26)4)30-25-16-22-11-6-5-10-21(22)15-24(25)29-27;1-5-10(6-2)12(14)9-13(15)11(7-3)8-4;/h5-13,15-16H,1-4H3;9-11,14H,5-8H2,1-4H3;/q-1;;/b;12-9-;/i5D,6D,10D,11D,15D,16D;;. The van der Waals surface area contributed by atoms with Crippen LogP contribution >= 0.6 is 0 Å². The Morgan fingerprint density at radius 3 is 1.87 bits per heavy atom. The Bertz CT molecular complexity index is 2120. The number of aliphatic hydroxyl groups is 1. The zero-order valence-electron chi connectivity index (χ0n) is 34.0. The largest absolute Gasteiger partial charge is 0.512 e. The van der Waals surface area contributed by atoms with Crippen LogP contribution in [-0.4, -0.2) is 20.9 Å². The van der Waals surface area contributed by atoms with Gasteiger partial charge in [-0.05, 0) is 79.1 Å². The van der Waals surface area contributed by atoms with Crippen LogP contribution in [0.5, 0.6) is 0 Å². The first-order chi connectivity index (χ1) is 24.1. The molecule has 0 aliphatic rings. The number of hydrogen-bond donors (Lipinski definition) is 1. The molecule has 46 heavy (non-hydrogen) atoms. The van der Waals surface area contributed by atoms with Crippen molar-refractivity contribution in [2.24, 2.45) is 11.8 Å². The van der Waals surface area contributed by atoms with E-state index in [4.69, 9.17) is 18.2 Å². The first-order valence-corrected chi connectivity index (χ1v) is 15.8. The van der Waals surface area contributed by atoms with E-state index in [-0.39, 0.29) is 89.5 Å². The van der Waals surface area contributed by atoms with Crippen molar-refractivity contribution in [1.29, 1.82) is 0 Å². The second-order valence-electron chi connectivity index (χ2n) is 11.6. The van der Waals surface area contributed by atoms with Gasteiger partial charge in [0.15, 0.2) is 5.78 Å². The maximum atomic E-state index is 11.7. The van der Waals surface area contributed by atoms with E-state index in [0.717, 1.165) is 53.5 Å². The van der Waals surface area contributed by atoms with E-state index in [1.807, 2.05) is 85.7 Å². The molecule has 0 spiro atoms. The summed E-state index contributed by atoms with van der Waals surface area (Å²) in [6.45, 7) is 16.0. The van der Waals surface area contributed by atoms with E-state index in [1.165, 1.54) is 6.08 Å². The molecule has 4 aromatic carbocycles. The van der Waals surface area contributed by atoms with Crippen molar-refractivity contribution in [1.82, 2.24) is 9.97 Å². The number of ketones is 1. The van der Waals surface area contributed by atoms with Gasteiger partial charge in [0.1, 0.15) is 0 Å². The summed E-state index contributed by atoms with van der Waals surface area (Å²) in [5, 5.41) is 9.71. The molecule has 243 valence electrons. The maximum Gasteiger partial charge on any atom is 0.162 e. The molecule has 0 amide bonds. The molecule has 0 atom stereocenters. The first kappa shape index (κ1) is 28.6. The van der Waals surface area contributed by atoms with Crippen molar-refractivity contribution in [3.05, 3.63) is 107 Å². The van der Waals surface area contributed by atoms with Gasteiger partial charge in [0.2, 0.25) is 0 Å². The van der Waals surface area contributed by atoms with Crippen molar-refractivity contribution < 1.29 is 38.2 Å². The third-order valence-corrected chi connectivity index (χ3v) is 8.27. The summed E-state index contributed by atoms with van der Waals surface area (Å²) in [6, 6.07) is 11.3. The minimum absolute atomic E-state index is 0. The molecule has 4 nitrogen and oxygen atoms in total. The number of hydrogen-bond acceptors (Lipinski definition) is 4. The van der Waals surface area contributed by atoms with Gasteiger partial charge in [0.25, 0.3) is 0 Å². The van der Waals surface area contributed by atoms with Crippen LogP contribution in [0.2, 0.25) is 0 Å². The summed E-state index contributed by atoms with van der Waals surface area (Å²) < 4.78 is 50.8. The van der Waals surface area contributed by atoms with Crippen LogP contribution in [-0.2, 0) is 24.9 Å². The Morgan fingerprint density at radius 2 is 1.37 bits per heavy atom. The molecular weight excluding hydrogens is 745 g/mol. The average Bonchev–Trinajstić information content (AvgIpc) is 3.08. The van der Waals surface area contributed by atoms with Crippen molar-refractivity contribution in [2.45, 2.75) is 81.1 Å². The second kappa shape index (κ2) is 16.8. The molecule has 0 bridgehead atoms. The van der Waals surface area contributed by atoms with Gasteiger partial charge < -0.3 is 5.11 Å². The van der Waals surface area contributed by atoms with E-state index in [2.05, 4.69) is 6.07 Å². The van der Waals surface area contributed by atoms with Crippen LogP contribution in [0.15, 0.2) is 78.4 Å². The van der Waals surface area contributed by atoms with E-state index in [9.17, 15) is 9.90 Å². The monoisotopic (exact) mass is 798 g/mol. The molecular formula is C41H47IrN2O2-. The predicted octanol–water partition coefficient (Wildman–Crippen LogP) is 11.0. The zero-order valence-corrected chi connectivity index (χ0v) is 30.4. The summed E-state index contributed by atoms with van der Waals surface area (Å²) in [4.78, 5) is 21.5. The van der Waals surface area contributed by atoms with Gasteiger partial charge in [-0.25, -0.2) is 0 Å². The molecule has 0 saturated heterocycles. The van der Waals surface area contributed by atoms with Crippen LogP contribution in [0, 0.1) is 45.6 Å². The van der Waals surface area contributed by atoms with Crippen LogP contribution < -0.4 is 0 Å².